The molecule has 2 aromatic rings. The van der Waals surface area contributed by atoms with Gasteiger partial charge in [0.1, 0.15) is 5.75 Å². The Balaban J connectivity index is 1.47. The molecule has 1 saturated heterocycles. The molecule has 0 unspecified atom stereocenters. The monoisotopic (exact) mass is 380 g/mol. The number of ether oxygens (including phenoxy) is 1. The van der Waals surface area contributed by atoms with Crippen LogP contribution in [0, 0.1) is 6.92 Å². The maximum atomic E-state index is 12.6. The molecule has 0 aliphatic carbocycles. The molecule has 0 spiro atoms. The van der Waals surface area contributed by atoms with E-state index in [1.165, 1.54) is 0 Å². The molecule has 0 saturated carbocycles. The van der Waals surface area contributed by atoms with Gasteiger partial charge in [0.15, 0.2) is 0 Å². The molecular weight excluding hydrogens is 352 g/mol. The zero-order valence-electron chi connectivity index (χ0n) is 16.6. The number of piperidine rings is 1. The lowest BCUT2D eigenvalue weighted by Gasteiger charge is -2.32. The molecule has 1 N–H and O–H groups in total. The van der Waals surface area contributed by atoms with Crippen LogP contribution in [0.4, 0.5) is 0 Å². The number of para-hydroxylation sites is 1. The highest BCUT2D eigenvalue weighted by Gasteiger charge is 2.24. The standard InChI is InChI=1S/C23H28N2O3/c1-17-7-3-4-8-18(17)15-22(26)24-20-11-13-25(14-12-20)23(27)16-19-9-5-6-10-21(19)28-2/h3-10,20H,11-16H2,1-2H3,(H,24,26). The van der Waals surface area contributed by atoms with Crippen molar-refractivity contribution in [1.29, 1.82) is 0 Å². The van der Waals surface area contributed by atoms with Gasteiger partial charge in [0, 0.05) is 24.7 Å². The van der Waals surface area contributed by atoms with Gasteiger partial charge in [-0.25, -0.2) is 0 Å². The van der Waals surface area contributed by atoms with Gasteiger partial charge in [-0.05, 0) is 37.0 Å². The number of amides is 2. The number of nitrogens with one attached hydrogen (secondary N) is 1. The number of carbonyl (C=O) groups excluding carboxylic acids is 2. The highest BCUT2D eigenvalue weighted by atomic mass is 16.5. The van der Waals surface area contributed by atoms with E-state index >= 15 is 0 Å². The maximum absolute atomic E-state index is 12.6. The molecule has 5 heteroatoms. The first-order valence-corrected chi connectivity index (χ1v) is 9.80. The molecule has 1 aliphatic rings. The SMILES string of the molecule is COc1ccccc1CC(=O)N1CCC(NC(=O)Cc2ccccc2C)CC1. The molecule has 3 rings (SSSR count). The van der Waals surface area contributed by atoms with Gasteiger partial charge in [0.25, 0.3) is 0 Å². The van der Waals surface area contributed by atoms with E-state index in [-0.39, 0.29) is 17.9 Å². The van der Waals surface area contributed by atoms with E-state index in [1.54, 1.807) is 7.11 Å². The summed E-state index contributed by atoms with van der Waals surface area (Å²) in [5, 5.41) is 3.13. The number of benzene rings is 2. The molecular formula is C23H28N2O3. The summed E-state index contributed by atoms with van der Waals surface area (Å²) in [6.07, 6.45) is 2.32. The molecule has 1 heterocycles. The third-order valence-electron chi connectivity index (χ3n) is 5.36. The van der Waals surface area contributed by atoms with Gasteiger partial charge in [-0.3, -0.25) is 9.59 Å². The predicted octanol–water partition coefficient (Wildman–Crippen LogP) is 2.90. The number of hydrogen-bond donors (Lipinski definition) is 1. The van der Waals surface area contributed by atoms with Crippen LogP contribution in [0.2, 0.25) is 0 Å². The quantitative estimate of drug-likeness (QED) is 0.838. The van der Waals surface area contributed by atoms with Crippen LogP contribution in [0.15, 0.2) is 48.5 Å². The number of rotatable bonds is 6. The van der Waals surface area contributed by atoms with E-state index in [2.05, 4.69) is 5.32 Å². The van der Waals surface area contributed by atoms with Gasteiger partial charge >= 0.3 is 0 Å². The van der Waals surface area contributed by atoms with E-state index in [0.717, 1.165) is 35.3 Å². The Morgan fingerprint density at radius 2 is 1.64 bits per heavy atom. The smallest absolute Gasteiger partial charge is 0.227 e. The average Bonchev–Trinajstić information content (AvgIpc) is 2.70. The second-order valence-corrected chi connectivity index (χ2v) is 7.31. The Hall–Kier alpha value is -2.82. The predicted molar refractivity (Wildman–Crippen MR) is 109 cm³/mol. The van der Waals surface area contributed by atoms with Gasteiger partial charge < -0.3 is 15.0 Å². The van der Waals surface area contributed by atoms with Crippen molar-refractivity contribution in [2.24, 2.45) is 0 Å². The molecule has 2 aromatic carbocycles. The van der Waals surface area contributed by atoms with E-state index in [4.69, 9.17) is 4.74 Å². The Bertz CT molecular complexity index is 826. The van der Waals surface area contributed by atoms with Crippen LogP contribution >= 0.6 is 0 Å². The molecule has 2 amide bonds. The summed E-state index contributed by atoms with van der Waals surface area (Å²) >= 11 is 0. The molecule has 5 nitrogen and oxygen atoms in total. The number of nitrogens with zero attached hydrogens (tertiary/aromatic N) is 1. The summed E-state index contributed by atoms with van der Waals surface area (Å²) < 4.78 is 5.33. The van der Waals surface area contributed by atoms with Crippen molar-refractivity contribution in [2.75, 3.05) is 20.2 Å². The van der Waals surface area contributed by atoms with Gasteiger partial charge in [-0.2, -0.15) is 0 Å². The maximum Gasteiger partial charge on any atom is 0.227 e. The van der Waals surface area contributed by atoms with Crippen LogP contribution in [0.1, 0.15) is 29.5 Å². The molecule has 0 bridgehead atoms. The summed E-state index contributed by atoms with van der Waals surface area (Å²) in [4.78, 5) is 26.9. The lowest BCUT2D eigenvalue weighted by Crippen LogP contribution is -2.47. The number of carbonyl (C=O) groups is 2. The third kappa shape index (κ3) is 5.12. The first-order chi connectivity index (χ1) is 13.6. The van der Waals surface area contributed by atoms with Crippen LogP contribution in [0.25, 0.3) is 0 Å². The second-order valence-electron chi connectivity index (χ2n) is 7.31. The van der Waals surface area contributed by atoms with Crippen LogP contribution in [0.3, 0.4) is 0 Å². The van der Waals surface area contributed by atoms with Gasteiger partial charge in [0.2, 0.25) is 11.8 Å². The molecule has 0 atom stereocenters. The van der Waals surface area contributed by atoms with Crippen molar-refractivity contribution in [3.8, 4) is 5.75 Å². The zero-order chi connectivity index (χ0) is 19.9. The minimum Gasteiger partial charge on any atom is -0.496 e. The van der Waals surface area contributed by atoms with Crippen molar-refractivity contribution in [1.82, 2.24) is 10.2 Å². The van der Waals surface area contributed by atoms with Crippen LogP contribution in [-0.4, -0.2) is 43.0 Å². The Labute approximate surface area is 166 Å². The van der Waals surface area contributed by atoms with Crippen molar-refractivity contribution >= 4 is 11.8 Å². The van der Waals surface area contributed by atoms with Gasteiger partial charge in [0.05, 0.1) is 20.0 Å². The second kappa shape index (κ2) is 9.40. The fraction of sp³-hybridized carbons (Fsp3) is 0.391. The normalized spacial score (nSPS) is 14.6. The van der Waals surface area contributed by atoms with E-state index in [1.807, 2.05) is 60.4 Å². The van der Waals surface area contributed by atoms with E-state index in [0.29, 0.717) is 25.9 Å². The number of likely N-dealkylation sites (tertiary alicyclic amines) is 1. The van der Waals surface area contributed by atoms with Crippen LogP contribution < -0.4 is 10.1 Å². The Kier molecular flexibility index (Phi) is 6.69. The highest BCUT2D eigenvalue weighted by Crippen LogP contribution is 2.20. The van der Waals surface area contributed by atoms with Crippen LogP contribution in [-0.2, 0) is 22.4 Å². The molecule has 0 aromatic heterocycles. The van der Waals surface area contributed by atoms with Gasteiger partial charge in [-0.15, -0.1) is 0 Å². The van der Waals surface area contributed by atoms with E-state index < -0.39 is 0 Å². The first kappa shape index (κ1) is 19.9. The summed E-state index contributed by atoms with van der Waals surface area (Å²) in [5.41, 5.74) is 3.10. The Morgan fingerprint density at radius 3 is 2.32 bits per heavy atom. The average molecular weight is 380 g/mol. The van der Waals surface area contributed by atoms with E-state index in [9.17, 15) is 9.59 Å². The minimum absolute atomic E-state index is 0.0492. The molecule has 0 radical (unpaired) electrons. The number of aryl methyl sites for hydroxylation is 1. The fourth-order valence-corrected chi connectivity index (χ4v) is 3.66. The van der Waals surface area contributed by atoms with Crippen molar-refractivity contribution < 1.29 is 14.3 Å². The lowest BCUT2D eigenvalue weighted by atomic mass is 10.0. The molecule has 148 valence electrons. The third-order valence-corrected chi connectivity index (χ3v) is 5.36. The number of methoxy groups -OCH3 is 1. The largest absolute Gasteiger partial charge is 0.496 e. The zero-order valence-corrected chi connectivity index (χ0v) is 16.6. The highest BCUT2D eigenvalue weighted by molar-refractivity contribution is 5.80. The summed E-state index contributed by atoms with van der Waals surface area (Å²) in [6, 6.07) is 15.7. The van der Waals surface area contributed by atoms with Crippen molar-refractivity contribution in [2.45, 2.75) is 38.6 Å². The summed E-state index contributed by atoms with van der Waals surface area (Å²) in [5.74, 6) is 0.900. The summed E-state index contributed by atoms with van der Waals surface area (Å²) in [6.45, 7) is 3.36. The minimum atomic E-state index is 0.0492. The topological polar surface area (TPSA) is 58.6 Å². The lowest BCUT2D eigenvalue weighted by molar-refractivity contribution is -0.131. The molecule has 28 heavy (non-hydrogen) atoms. The Morgan fingerprint density at radius 1 is 1.00 bits per heavy atom. The van der Waals surface area contributed by atoms with Crippen molar-refractivity contribution in [3.05, 3.63) is 65.2 Å². The van der Waals surface area contributed by atoms with Gasteiger partial charge in [-0.1, -0.05) is 42.5 Å². The molecule has 1 aliphatic heterocycles. The first-order valence-electron chi connectivity index (χ1n) is 9.80. The van der Waals surface area contributed by atoms with Crippen LogP contribution in [0.5, 0.6) is 5.75 Å². The fourth-order valence-electron chi connectivity index (χ4n) is 3.66. The molecule has 1 fully saturated rings. The van der Waals surface area contributed by atoms with Crippen molar-refractivity contribution in [3.63, 3.8) is 0 Å². The number of hydrogen-bond acceptors (Lipinski definition) is 3. The summed E-state index contributed by atoms with van der Waals surface area (Å²) in [7, 11) is 1.62.